The Morgan fingerprint density at radius 3 is 2.94 bits per heavy atom. The highest BCUT2D eigenvalue weighted by atomic mass is 16.5. The van der Waals surface area contributed by atoms with Gasteiger partial charge in [-0.15, -0.1) is 0 Å². The number of likely N-dealkylation sites (N-methyl/N-ethyl adjacent to an activating group) is 1. The van der Waals surface area contributed by atoms with Crippen LogP contribution in [-0.4, -0.2) is 42.3 Å². The van der Waals surface area contributed by atoms with Crippen LogP contribution in [0.1, 0.15) is 30.0 Å². The summed E-state index contributed by atoms with van der Waals surface area (Å²) >= 11 is 0. The van der Waals surface area contributed by atoms with E-state index < -0.39 is 0 Å². The Hall–Kier alpha value is -1.33. The van der Waals surface area contributed by atoms with Crippen LogP contribution < -0.4 is 0 Å². The Morgan fingerprint density at radius 1 is 1.65 bits per heavy atom. The van der Waals surface area contributed by atoms with Crippen LogP contribution in [-0.2, 0) is 11.3 Å². The van der Waals surface area contributed by atoms with Crippen molar-refractivity contribution in [1.82, 2.24) is 4.90 Å². The third kappa shape index (κ3) is 3.57. The zero-order valence-corrected chi connectivity index (χ0v) is 10.5. The Balaban J connectivity index is 2.72. The Labute approximate surface area is 101 Å². The Kier molecular flexibility index (Phi) is 5.18. The molecule has 0 fully saturated rings. The Bertz CT molecular complexity index is 361. The van der Waals surface area contributed by atoms with Crippen LogP contribution in [0.2, 0.25) is 0 Å². The normalized spacial score (nSPS) is 12.8. The lowest BCUT2D eigenvalue weighted by molar-refractivity contribution is 0.0521. The predicted molar refractivity (Wildman–Crippen MR) is 62.7 cm³/mol. The second kappa shape index (κ2) is 6.42. The number of ether oxygens (including phenoxy) is 1. The SMILES string of the molecule is CCOC(=O)c1ccoc1CN(C)C(C)CO. The van der Waals surface area contributed by atoms with Crippen molar-refractivity contribution in [3.05, 3.63) is 23.7 Å². The highest BCUT2D eigenvalue weighted by Crippen LogP contribution is 2.15. The molecule has 1 heterocycles. The summed E-state index contributed by atoms with van der Waals surface area (Å²) in [5.41, 5.74) is 0.448. The molecule has 1 N–H and O–H groups in total. The average molecular weight is 241 g/mol. The van der Waals surface area contributed by atoms with E-state index in [0.717, 1.165) is 0 Å². The van der Waals surface area contributed by atoms with Crippen LogP contribution in [0.5, 0.6) is 0 Å². The molecule has 0 radical (unpaired) electrons. The molecular weight excluding hydrogens is 222 g/mol. The summed E-state index contributed by atoms with van der Waals surface area (Å²) in [6, 6.07) is 1.61. The first-order valence-corrected chi connectivity index (χ1v) is 5.64. The van der Waals surface area contributed by atoms with Crippen molar-refractivity contribution >= 4 is 5.97 Å². The van der Waals surface area contributed by atoms with E-state index in [-0.39, 0.29) is 18.6 Å². The number of aliphatic hydroxyl groups excluding tert-OH is 1. The molecule has 5 nitrogen and oxygen atoms in total. The minimum absolute atomic E-state index is 0.00939. The van der Waals surface area contributed by atoms with E-state index in [1.54, 1.807) is 13.0 Å². The van der Waals surface area contributed by atoms with Gasteiger partial charge in [-0.1, -0.05) is 0 Å². The van der Waals surface area contributed by atoms with Crippen molar-refractivity contribution in [2.24, 2.45) is 0 Å². The highest BCUT2D eigenvalue weighted by molar-refractivity contribution is 5.90. The van der Waals surface area contributed by atoms with E-state index in [1.165, 1.54) is 6.26 Å². The number of carbonyl (C=O) groups excluding carboxylic acids is 1. The van der Waals surface area contributed by atoms with E-state index in [2.05, 4.69) is 0 Å². The minimum atomic E-state index is -0.374. The van der Waals surface area contributed by atoms with Gasteiger partial charge < -0.3 is 14.3 Å². The lowest BCUT2D eigenvalue weighted by atomic mass is 10.2. The summed E-state index contributed by atoms with van der Waals surface area (Å²) in [6.45, 7) is 4.52. The summed E-state index contributed by atoms with van der Waals surface area (Å²) in [4.78, 5) is 13.5. The zero-order valence-electron chi connectivity index (χ0n) is 10.5. The maximum absolute atomic E-state index is 11.6. The number of furan rings is 1. The van der Waals surface area contributed by atoms with E-state index in [0.29, 0.717) is 24.5 Å². The number of hydrogen-bond donors (Lipinski definition) is 1. The van der Waals surface area contributed by atoms with Gasteiger partial charge in [0, 0.05) is 6.04 Å². The molecule has 5 heteroatoms. The van der Waals surface area contributed by atoms with E-state index in [4.69, 9.17) is 14.3 Å². The van der Waals surface area contributed by atoms with E-state index in [1.807, 2.05) is 18.9 Å². The van der Waals surface area contributed by atoms with Crippen molar-refractivity contribution in [3.63, 3.8) is 0 Å². The van der Waals surface area contributed by atoms with Gasteiger partial charge in [0.15, 0.2) is 0 Å². The molecule has 96 valence electrons. The van der Waals surface area contributed by atoms with Crippen molar-refractivity contribution in [2.75, 3.05) is 20.3 Å². The number of nitrogens with zero attached hydrogens (tertiary/aromatic N) is 1. The summed E-state index contributed by atoms with van der Waals surface area (Å²) < 4.78 is 10.2. The van der Waals surface area contributed by atoms with Gasteiger partial charge in [-0.2, -0.15) is 0 Å². The van der Waals surface area contributed by atoms with Crippen LogP contribution in [0.3, 0.4) is 0 Å². The predicted octanol–water partition coefficient (Wildman–Crippen LogP) is 1.27. The number of esters is 1. The minimum Gasteiger partial charge on any atom is -0.467 e. The average Bonchev–Trinajstić information content (AvgIpc) is 2.76. The molecule has 0 amide bonds. The quantitative estimate of drug-likeness (QED) is 0.760. The van der Waals surface area contributed by atoms with Crippen molar-refractivity contribution < 1.29 is 19.1 Å². The first kappa shape index (κ1) is 13.7. The number of rotatable bonds is 6. The van der Waals surface area contributed by atoms with Crippen molar-refractivity contribution in [1.29, 1.82) is 0 Å². The van der Waals surface area contributed by atoms with Crippen molar-refractivity contribution in [2.45, 2.75) is 26.4 Å². The summed E-state index contributed by atoms with van der Waals surface area (Å²) in [5, 5.41) is 9.03. The molecule has 0 spiro atoms. The van der Waals surface area contributed by atoms with Gasteiger partial charge in [-0.3, -0.25) is 4.90 Å². The smallest absolute Gasteiger partial charge is 0.341 e. The standard InChI is InChI=1S/C12H19NO4/c1-4-16-12(15)10-5-6-17-11(10)7-13(3)9(2)8-14/h5-6,9,14H,4,7-8H2,1-3H3. The van der Waals surface area contributed by atoms with Crippen LogP contribution in [0.25, 0.3) is 0 Å². The first-order valence-electron chi connectivity index (χ1n) is 5.64. The third-order valence-electron chi connectivity index (χ3n) is 2.65. The van der Waals surface area contributed by atoms with E-state index in [9.17, 15) is 4.79 Å². The molecule has 1 aromatic rings. The van der Waals surface area contributed by atoms with Crippen LogP contribution in [0.4, 0.5) is 0 Å². The molecular formula is C12H19NO4. The van der Waals surface area contributed by atoms with Gasteiger partial charge in [-0.25, -0.2) is 4.79 Å². The van der Waals surface area contributed by atoms with Gasteiger partial charge in [-0.05, 0) is 27.0 Å². The summed E-state index contributed by atoms with van der Waals surface area (Å²) in [5.74, 6) is 0.188. The molecule has 0 aliphatic rings. The molecule has 17 heavy (non-hydrogen) atoms. The second-order valence-electron chi connectivity index (χ2n) is 3.92. The van der Waals surface area contributed by atoms with Gasteiger partial charge in [0.05, 0.1) is 26.0 Å². The molecule has 0 aliphatic carbocycles. The van der Waals surface area contributed by atoms with Gasteiger partial charge in [0.25, 0.3) is 0 Å². The van der Waals surface area contributed by atoms with Gasteiger partial charge in [0.1, 0.15) is 11.3 Å². The molecule has 0 aliphatic heterocycles. The largest absolute Gasteiger partial charge is 0.467 e. The number of aliphatic hydroxyl groups is 1. The topological polar surface area (TPSA) is 62.9 Å². The third-order valence-corrected chi connectivity index (χ3v) is 2.65. The summed E-state index contributed by atoms with van der Waals surface area (Å²) in [6.07, 6.45) is 1.47. The number of carbonyl (C=O) groups is 1. The van der Waals surface area contributed by atoms with Gasteiger partial charge in [0.2, 0.25) is 0 Å². The van der Waals surface area contributed by atoms with Crippen LogP contribution in [0.15, 0.2) is 16.7 Å². The molecule has 0 saturated carbocycles. The monoisotopic (exact) mass is 241 g/mol. The van der Waals surface area contributed by atoms with E-state index >= 15 is 0 Å². The highest BCUT2D eigenvalue weighted by Gasteiger charge is 2.18. The molecule has 1 rings (SSSR count). The maximum atomic E-state index is 11.6. The molecule has 0 bridgehead atoms. The molecule has 0 aromatic carbocycles. The molecule has 1 atom stereocenters. The lowest BCUT2D eigenvalue weighted by Crippen LogP contribution is -2.31. The number of hydrogen-bond acceptors (Lipinski definition) is 5. The van der Waals surface area contributed by atoms with Crippen LogP contribution in [0, 0.1) is 0 Å². The maximum Gasteiger partial charge on any atom is 0.341 e. The van der Waals surface area contributed by atoms with Crippen LogP contribution >= 0.6 is 0 Å². The fourth-order valence-electron chi connectivity index (χ4n) is 1.38. The van der Waals surface area contributed by atoms with Crippen molar-refractivity contribution in [3.8, 4) is 0 Å². The molecule has 1 unspecified atom stereocenters. The summed E-state index contributed by atoms with van der Waals surface area (Å²) in [7, 11) is 1.86. The fraction of sp³-hybridized carbons (Fsp3) is 0.583. The Morgan fingerprint density at radius 2 is 2.35 bits per heavy atom. The fourth-order valence-corrected chi connectivity index (χ4v) is 1.38. The zero-order chi connectivity index (χ0) is 12.8. The lowest BCUT2D eigenvalue weighted by Gasteiger charge is -2.21. The molecule has 0 saturated heterocycles. The second-order valence-corrected chi connectivity index (χ2v) is 3.92. The van der Waals surface area contributed by atoms with Gasteiger partial charge >= 0.3 is 5.97 Å². The first-order chi connectivity index (χ1) is 8.10. The molecule has 1 aromatic heterocycles.